The lowest BCUT2D eigenvalue weighted by molar-refractivity contribution is 0.190. The zero-order chi connectivity index (χ0) is 13.0. The molecule has 1 aromatic carbocycles. The molecule has 0 saturated carbocycles. The van der Waals surface area contributed by atoms with Crippen molar-refractivity contribution in [1.82, 2.24) is 5.32 Å². The van der Waals surface area contributed by atoms with Crippen LogP contribution in [-0.2, 0) is 6.42 Å². The first kappa shape index (κ1) is 13.1. The van der Waals surface area contributed by atoms with Crippen molar-refractivity contribution in [3.8, 4) is 0 Å². The van der Waals surface area contributed by atoms with Crippen LogP contribution >= 0.6 is 27.3 Å². The first-order valence-electron chi connectivity index (χ1n) is 5.42. The second-order valence-corrected chi connectivity index (χ2v) is 5.72. The molecule has 0 aliphatic heterocycles. The van der Waals surface area contributed by atoms with Crippen LogP contribution in [0.3, 0.4) is 0 Å². The number of benzene rings is 1. The van der Waals surface area contributed by atoms with Crippen LogP contribution in [0.25, 0.3) is 0 Å². The first-order chi connectivity index (χ1) is 8.65. The molecule has 0 saturated heterocycles. The van der Waals surface area contributed by atoms with E-state index in [1.54, 1.807) is 11.3 Å². The highest BCUT2D eigenvalue weighted by Gasteiger charge is 2.16. The summed E-state index contributed by atoms with van der Waals surface area (Å²) in [5, 5.41) is 13.4. The summed E-state index contributed by atoms with van der Waals surface area (Å²) >= 11 is 4.93. The maximum absolute atomic E-state index is 10.9. The number of amides is 1. The third kappa shape index (κ3) is 3.58. The van der Waals surface area contributed by atoms with E-state index in [2.05, 4.69) is 21.2 Å². The predicted molar refractivity (Wildman–Crippen MR) is 76.1 cm³/mol. The van der Waals surface area contributed by atoms with E-state index in [0.29, 0.717) is 6.42 Å². The quantitative estimate of drug-likeness (QED) is 0.890. The van der Waals surface area contributed by atoms with E-state index in [-0.39, 0.29) is 6.04 Å². The van der Waals surface area contributed by atoms with Gasteiger partial charge in [0.2, 0.25) is 0 Å². The summed E-state index contributed by atoms with van der Waals surface area (Å²) in [6.45, 7) is 0. The molecule has 0 radical (unpaired) electrons. The number of thiophene rings is 1. The average molecular weight is 326 g/mol. The van der Waals surface area contributed by atoms with Gasteiger partial charge in [-0.05, 0) is 34.0 Å². The summed E-state index contributed by atoms with van der Waals surface area (Å²) in [5.41, 5.74) is 1.11. The molecule has 18 heavy (non-hydrogen) atoms. The molecule has 0 bridgehead atoms. The van der Waals surface area contributed by atoms with Crippen molar-refractivity contribution in [1.29, 1.82) is 0 Å². The Labute approximate surface area is 118 Å². The molecule has 2 aromatic rings. The van der Waals surface area contributed by atoms with Crippen LogP contribution in [0.1, 0.15) is 16.5 Å². The van der Waals surface area contributed by atoms with Crippen molar-refractivity contribution in [2.24, 2.45) is 0 Å². The van der Waals surface area contributed by atoms with Gasteiger partial charge in [-0.25, -0.2) is 4.79 Å². The van der Waals surface area contributed by atoms with E-state index in [9.17, 15) is 4.79 Å². The smallest absolute Gasteiger partial charge is 0.405 e. The Kier molecular flexibility index (Phi) is 4.38. The van der Waals surface area contributed by atoms with E-state index in [0.717, 1.165) is 14.9 Å². The highest BCUT2D eigenvalue weighted by Crippen LogP contribution is 2.27. The van der Waals surface area contributed by atoms with Crippen molar-refractivity contribution in [2.45, 2.75) is 12.5 Å². The molecule has 0 aliphatic rings. The molecule has 5 heteroatoms. The van der Waals surface area contributed by atoms with Gasteiger partial charge in [0.05, 0.1) is 6.04 Å². The molecule has 0 fully saturated rings. The Morgan fingerprint density at radius 2 is 2.11 bits per heavy atom. The Bertz CT molecular complexity index is 527. The second-order valence-electron chi connectivity index (χ2n) is 3.86. The molecule has 2 rings (SSSR count). The van der Waals surface area contributed by atoms with Crippen molar-refractivity contribution < 1.29 is 9.90 Å². The number of hydrogen-bond donors (Lipinski definition) is 2. The van der Waals surface area contributed by atoms with E-state index in [4.69, 9.17) is 5.11 Å². The lowest BCUT2D eigenvalue weighted by Gasteiger charge is -2.15. The zero-order valence-corrected chi connectivity index (χ0v) is 11.9. The summed E-state index contributed by atoms with van der Waals surface area (Å²) in [4.78, 5) is 11.9. The first-order valence-corrected chi connectivity index (χ1v) is 7.10. The van der Waals surface area contributed by atoms with E-state index >= 15 is 0 Å². The Hall–Kier alpha value is -1.33. The molecule has 3 nitrogen and oxygen atoms in total. The van der Waals surface area contributed by atoms with Gasteiger partial charge < -0.3 is 10.4 Å². The predicted octanol–water partition coefficient (Wildman–Crippen LogP) is 4.06. The van der Waals surface area contributed by atoms with E-state index in [1.165, 1.54) is 0 Å². The number of carboxylic acid groups (broad SMARTS) is 1. The van der Waals surface area contributed by atoms with Crippen LogP contribution in [0.2, 0.25) is 0 Å². The molecule has 1 amide bonds. The molecule has 0 aliphatic carbocycles. The third-order valence-electron chi connectivity index (χ3n) is 2.51. The maximum atomic E-state index is 10.9. The second kappa shape index (κ2) is 6.02. The van der Waals surface area contributed by atoms with Crippen molar-refractivity contribution >= 4 is 33.4 Å². The molecule has 1 heterocycles. The summed E-state index contributed by atoms with van der Waals surface area (Å²) in [6.07, 6.45) is -0.347. The lowest BCUT2D eigenvalue weighted by atomic mass is 10.1. The maximum Gasteiger partial charge on any atom is 0.405 e. The van der Waals surface area contributed by atoms with Gasteiger partial charge in [-0.15, -0.1) is 11.3 Å². The number of hydrogen-bond acceptors (Lipinski definition) is 2. The van der Waals surface area contributed by atoms with Crippen LogP contribution in [0, 0.1) is 0 Å². The zero-order valence-electron chi connectivity index (χ0n) is 9.47. The van der Waals surface area contributed by atoms with Crippen molar-refractivity contribution in [2.75, 3.05) is 0 Å². The number of carbonyl (C=O) groups is 1. The largest absolute Gasteiger partial charge is 0.465 e. The van der Waals surface area contributed by atoms with E-state index < -0.39 is 6.09 Å². The minimum Gasteiger partial charge on any atom is -0.465 e. The fraction of sp³-hybridized carbons (Fsp3) is 0.154. The van der Waals surface area contributed by atoms with Crippen LogP contribution in [0.15, 0.2) is 46.3 Å². The van der Waals surface area contributed by atoms with E-state index in [1.807, 2.05) is 41.8 Å². The average Bonchev–Trinajstić information content (AvgIpc) is 2.76. The number of nitrogens with one attached hydrogen (secondary N) is 1. The van der Waals surface area contributed by atoms with Crippen LogP contribution in [-0.4, -0.2) is 11.2 Å². The van der Waals surface area contributed by atoms with Crippen molar-refractivity contribution in [3.63, 3.8) is 0 Å². The highest BCUT2D eigenvalue weighted by molar-refractivity contribution is 9.10. The molecular formula is C13H12BrNO2S. The number of halogens is 1. The molecule has 0 spiro atoms. The molecule has 94 valence electrons. The fourth-order valence-corrected chi connectivity index (χ4v) is 3.23. The van der Waals surface area contributed by atoms with Crippen molar-refractivity contribution in [3.05, 3.63) is 56.7 Å². The van der Waals surface area contributed by atoms with Gasteiger partial charge in [0.15, 0.2) is 0 Å². The van der Waals surface area contributed by atoms with Gasteiger partial charge >= 0.3 is 6.09 Å². The minimum absolute atomic E-state index is 0.207. The van der Waals surface area contributed by atoms with Crippen LogP contribution in [0.5, 0.6) is 0 Å². The van der Waals surface area contributed by atoms with Gasteiger partial charge in [-0.1, -0.05) is 30.3 Å². The summed E-state index contributed by atoms with van der Waals surface area (Å²) in [5.74, 6) is 0. The SMILES string of the molecule is O=C(O)NC(Cc1ccccc1)c1cc(Br)cs1. The summed E-state index contributed by atoms with van der Waals surface area (Å²) < 4.78 is 0.979. The van der Waals surface area contributed by atoms with Gasteiger partial charge in [0.25, 0.3) is 0 Å². The molecule has 1 unspecified atom stereocenters. The molecule has 1 aromatic heterocycles. The lowest BCUT2D eigenvalue weighted by Crippen LogP contribution is -2.27. The van der Waals surface area contributed by atoms with Crippen LogP contribution in [0.4, 0.5) is 4.79 Å². The molecule has 2 N–H and O–H groups in total. The normalized spacial score (nSPS) is 12.1. The third-order valence-corrected chi connectivity index (χ3v) is 4.32. The van der Waals surface area contributed by atoms with Gasteiger partial charge in [-0.3, -0.25) is 0 Å². The highest BCUT2D eigenvalue weighted by atomic mass is 79.9. The van der Waals surface area contributed by atoms with Crippen LogP contribution < -0.4 is 5.32 Å². The molecular weight excluding hydrogens is 314 g/mol. The number of rotatable bonds is 4. The standard InChI is InChI=1S/C13H12BrNO2S/c14-10-7-12(18-8-10)11(15-13(16)17)6-9-4-2-1-3-5-9/h1-5,7-8,11,15H,6H2,(H,16,17). The monoisotopic (exact) mass is 325 g/mol. The Balaban J connectivity index is 2.18. The summed E-state index contributed by atoms with van der Waals surface area (Å²) in [6, 6.07) is 11.6. The minimum atomic E-state index is -1.000. The molecule has 1 atom stereocenters. The summed E-state index contributed by atoms with van der Waals surface area (Å²) in [7, 11) is 0. The van der Waals surface area contributed by atoms with Gasteiger partial charge in [0, 0.05) is 14.7 Å². The Morgan fingerprint density at radius 3 is 2.67 bits per heavy atom. The topological polar surface area (TPSA) is 49.3 Å². The Morgan fingerprint density at radius 1 is 1.39 bits per heavy atom. The van der Waals surface area contributed by atoms with Gasteiger partial charge in [-0.2, -0.15) is 0 Å². The fourth-order valence-electron chi connectivity index (χ4n) is 1.73. The van der Waals surface area contributed by atoms with Gasteiger partial charge in [0.1, 0.15) is 0 Å².